The molecule has 0 amide bonds. The topological polar surface area (TPSA) is 45.6 Å². The summed E-state index contributed by atoms with van der Waals surface area (Å²) in [6.45, 7) is 0.806. The zero-order valence-corrected chi connectivity index (χ0v) is 14.5. The summed E-state index contributed by atoms with van der Waals surface area (Å²) in [4.78, 5) is 0. The third kappa shape index (κ3) is 5.43. The van der Waals surface area contributed by atoms with Gasteiger partial charge in [0.1, 0.15) is 5.69 Å². The van der Waals surface area contributed by atoms with Gasteiger partial charge in [0.15, 0.2) is 0 Å². The van der Waals surface area contributed by atoms with E-state index in [9.17, 15) is 0 Å². The summed E-state index contributed by atoms with van der Waals surface area (Å²) in [5, 5.41) is 12.0. The lowest BCUT2D eigenvalue weighted by molar-refractivity contribution is -0.657. The molecular weight excluding hydrogens is 334 g/mol. The van der Waals surface area contributed by atoms with Crippen molar-refractivity contribution >= 4 is 17.3 Å². The van der Waals surface area contributed by atoms with E-state index in [2.05, 4.69) is 27.7 Å². The molecule has 3 rings (SSSR count). The average Bonchev–Trinajstić information content (AvgIpc) is 2.91. The van der Waals surface area contributed by atoms with Gasteiger partial charge in [0.05, 0.1) is 26.5 Å². The van der Waals surface area contributed by atoms with Gasteiger partial charge >= 0.3 is 5.95 Å². The van der Waals surface area contributed by atoms with E-state index in [1.54, 1.807) is 0 Å². The number of nitrogens with one attached hydrogen (secondary N) is 1. The minimum absolute atomic E-state index is 0. The standard InChI is InChI=1S/C18H19N5.CH4.ClH/c1-22-12-13-23(2)18(22)21-20-17-10-8-16(9-11-17)19-14-15-6-4-3-5-7-15;;/h3-13H,14H2,1-2H3;1H4;1H. The van der Waals surface area contributed by atoms with Gasteiger partial charge in [-0.1, -0.05) is 42.9 Å². The molecule has 25 heavy (non-hydrogen) atoms. The van der Waals surface area contributed by atoms with Crippen LogP contribution in [0.1, 0.15) is 13.0 Å². The highest BCUT2D eigenvalue weighted by Gasteiger charge is 2.10. The summed E-state index contributed by atoms with van der Waals surface area (Å²) in [5.74, 6) is 0.802. The first-order valence-electron chi connectivity index (χ1n) is 7.53. The number of nitrogens with zero attached hydrogens (tertiary/aromatic N) is 4. The van der Waals surface area contributed by atoms with Gasteiger partial charge in [0.2, 0.25) is 0 Å². The molecule has 132 valence electrons. The van der Waals surface area contributed by atoms with E-state index in [1.165, 1.54) is 5.56 Å². The summed E-state index contributed by atoms with van der Waals surface area (Å²) >= 11 is 0. The Morgan fingerprint density at radius 1 is 1.00 bits per heavy atom. The van der Waals surface area contributed by atoms with E-state index in [1.807, 2.05) is 78.1 Å². The van der Waals surface area contributed by atoms with E-state index in [0.717, 1.165) is 23.9 Å². The summed E-state index contributed by atoms with van der Waals surface area (Å²) < 4.78 is 3.86. The smallest absolute Gasteiger partial charge is 0.421 e. The van der Waals surface area contributed by atoms with Crippen LogP contribution in [0.5, 0.6) is 0 Å². The van der Waals surface area contributed by atoms with Crippen LogP contribution in [0.4, 0.5) is 17.3 Å². The average molecular weight is 358 g/mol. The van der Waals surface area contributed by atoms with Crippen LogP contribution in [0.15, 0.2) is 77.2 Å². The Labute approximate surface area is 155 Å². The Hall–Kier alpha value is -2.66. The lowest BCUT2D eigenvalue weighted by Gasteiger charge is -2.06. The predicted octanol–water partition coefficient (Wildman–Crippen LogP) is 1.52. The van der Waals surface area contributed by atoms with Crippen molar-refractivity contribution in [3.63, 3.8) is 0 Å². The van der Waals surface area contributed by atoms with Crippen molar-refractivity contribution in [2.24, 2.45) is 24.3 Å². The van der Waals surface area contributed by atoms with Crippen LogP contribution in [0.3, 0.4) is 0 Å². The molecule has 0 aliphatic carbocycles. The number of imidazole rings is 1. The highest BCUT2D eigenvalue weighted by atomic mass is 35.5. The number of hydrogen-bond acceptors (Lipinski definition) is 3. The molecule has 0 aliphatic rings. The molecule has 0 spiro atoms. The van der Waals surface area contributed by atoms with Crippen LogP contribution in [0, 0.1) is 0 Å². The first-order valence-corrected chi connectivity index (χ1v) is 7.53. The zero-order valence-electron chi connectivity index (χ0n) is 13.7. The lowest BCUT2D eigenvalue weighted by Crippen LogP contribution is -3.00. The van der Waals surface area contributed by atoms with E-state index in [-0.39, 0.29) is 19.8 Å². The molecule has 3 aromatic rings. The number of azo groups is 1. The number of aryl methyl sites for hydroxylation is 2. The molecule has 0 saturated heterocycles. The maximum Gasteiger partial charge on any atom is 0.421 e. The van der Waals surface area contributed by atoms with Crippen molar-refractivity contribution in [2.75, 3.05) is 5.32 Å². The van der Waals surface area contributed by atoms with E-state index < -0.39 is 0 Å². The molecule has 2 aromatic carbocycles. The molecule has 0 saturated carbocycles. The quantitative estimate of drug-likeness (QED) is 0.546. The monoisotopic (exact) mass is 357 g/mol. The normalized spacial score (nSPS) is 10.2. The predicted molar refractivity (Wildman–Crippen MR) is 97.7 cm³/mol. The van der Waals surface area contributed by atoms with Crippen molar-refractivity contribution in [1.29, 1.82) is 0 Å². The third-order valence-corrected chi connectivity index (χ3v) is 3.61. The summed E-state index contributed by atoms with van der Waals surface area (Å²) in [6.07, 6.45) is 3.90. The van der Waals surface area contributed by atoms with E-state index in [4.69, 9.17) is 0 Å². The summed E-state index contributed by atoms with van der Waals surface area (Å²) in [5.41, 5.74) is 3.15. The molecule has 0 fully saturated rings. The number of hydrogen-bond donors (Lipinski definition) is 1. The number of anilines is 1. The molecule has 1 heterocycles. The Balaban J connectivity index is 0.00000156. The molecular formula is C19H24ClN5. The fourth-order valence-electron chi connectivity index (χ4n) is 2.27. The number of benzene rings is 2. The highest BCUT2D eigenvalue weighted by Crippen LogP contribution is 2.19. The maximum atomic E-state index is 4.29. The van der Waals surface area contributed by atoms with Crippen LogP contribution in [0.2, 0.25) is 0 Å². The van der Waals surface area contributed by atoms with Crippen molar-refractivity contribution in [1.82, 2.24) is 4.57 Å². The van der Waals surface area contributed by atoms with Crippen molar-refractivity contribution in [3.8, 4) is 0 Å². The van der Waals surface area contributed by atoms with Crippen LogP contribution in [-0.4, -0.2) is 4.57 Å². The molecule has 0 atom stereocenters. The van der Waals surface area contributed by atoms with Gasteiger partial charge < -0.3 is 17.7 Å². The Kier molecular flexibility index (Phi) is 7.82. The minimum Gasteiger partial charge on any atom is -1.00 e. The fourth-order valence-corrected chi connectivity index (χ4v) is 2.27. The van der Waals surface area contributed by atoms with Gasteiger partial charge in [-0.05, 0) is 29.8 Å². The molecule has 0 unspecified atom stereocenters. The van der Waals surface area contributed by atoms with Gasteiger partial charge in [-0.2, -0.15) is 0 Å². The molecule has 5 nitrogen and oxygen atoms in total. The van der Waals surface area contributed by atoms with E-state index >= 15 is 0 Å². The maximum absolute atomic E-state index is 4.29. The van der Waals surface area contributed by atoms with Gasteiger partial charge in [-0.3, -0.25) is 0 Å². The highest BCUT2D eigenvalue weighted by molar-refractivity contribution is 5.51. The summed E-state index contributed by atoms with van der Waals surface area (Å²) in [6, 6.07) is 18.3. The summed E-state index contributed by atoms with van der Waals surface area (Å²) in [7, 11) is 3.90. The van der Waals surface area contributed by atoms with Gasteiger partial charge in [-0.15, -0.1) is 0 Å². The molecule has 0 bridgehead atoms. The largest absolute Gasteiger partial charge is 1.00 e. The Morgan fingerprint density at radius 3 is 2.28 bits per heavy atom. The molecule has 6 heteroatoms. The third-order valence-electron chi connectivity index (χ3n) is 3.61. The van der Waals surface area contributed by atoms with E-state index in [0.29, 0.717) is 0 Å². The number of halogens is 1. The van der Waals surface area contributed by atoms with Crippen LogP contribution < -0.4 is 22.3 Å². The van der Waals surface area contributed by atoms with Crippen LogP contribution >= 0.6 is 0 Å². The second kappa shape index (κ2) is 9.59. The van der Waals surface area contributed by atoms with Crippen molar-refractivity contribution < 1.29 is 17.0 Å². The SMILES string of the molecule is C.Cn1cc[n+](C)c1N=Nc1ccc(NCc2ccccc2)cc1.[Cl-]. The zero-order chi connectivity index (χ0) is 16.1. The first kappa shape index (κ1) is 20.4. The minimum atomic E-state index is 0. The first-order chi connectivity index (χ1) is 11.2. The number of aromatic nitrogens is 2. The van der Waals surface area contributed by atoms with Gasteiger partial charge in [0.25, 0.3) is 0 Å². The Bertz CT molecular complexity index is 775. The fraction of sp³-hybridized carbons (Fsp3) is 0.211. The number of rotatable bonds is 5. The molecule has 1 aromatic heterocycles. The molecule has 0 radical (unpaired) electrons. The second-order valence-corrected chi connectivity index (χ2v) is 5.41. The molecule has 1 N–H and O–H groups in total. The van der Waals surface area contributed by atoms with Crippen molar-refractivity contribution in [3.05, 3.63) is 72.6 Å². The lowest BCUT2D eigenvalue weighted by atomic mass is 10.2. The van der Waals surface area contributed by atoms with Crippen molar-refractivity contribution in [2.45, 2.75) is 14.0 Å². The Morgan fingerprint density at radius 2 is 1.68 bits per heavy atom. The van der Waals surface area contributed by atoms with Gasteiger partial charge in [-0.25, -0.2) is 9.13 Å². The van der Waals surface area contributed by atoms with Crippen LogP contribution in [-0.2, 0) is 20.6 Å². The second-order valence-electron chi connectivity index (χ2n) is 5.41. The van der Waals surface area contributed by atoms with Gasteiger partial charge in [0, 0.05) is 17.3 Å². The van der Waals surface area contributed by atoms with Crippen LogP contribution in [0.25, 0.3) is 0 Å². The molecule has 0 aliphatic heterocycles.